The smallest absolute Gasteiger partial charge is 0.0372 e. The van der Waals surface area contributed by atoms with Crippen molar-refractivity contribution in [1.29, 1.82) is 0 Å². The molecule has 0 amide bonds. The Morgan fingerprint density at radius 2 is 1.80 bits per heavy atom. The Kier molecular flexibility index (Phi) is 3.77. The van der Waals surface area contributed by atoms with E-state index in [4.69, 9.17) is 0 Å². The van der Waals surface area contributed by atoms with Crippen LogP contribution in [0.2, 0.25) is 0 Å². The Balaban J connectivity index is 1.67. The number of hydrogen-bond donors (Lipinski definition) is 1. The van der Waals surface area contributed by atoms with E-state index in [1.54, 1.807) is 0 Å². The molecule has 1 aliphatic rings. The van der Waals surface area contributed by atoms with Gasteiger partial charge in [-0.2, -0.15) is 0 Å². The highest BCUT2D eigenvalue weighted by atomic mass is 14.9. The highest BCUT2D eigenvalue weighted by Gasteiger charge is 2.17. The number of rotatable bonds is 3. The quantitative estimate of drug-likeness (QED) is 0.852. The average molecular weight is 265 g/mol. The molecule has 1 aliphatic heterocycles. The molecule has 0 saturated heterocycles. The van der Waals surface area contributed by atoms with Crippen LogP contribution >= 0.6 is 0 Å². The van der Waals surface area contributed by atoms with Gasteiger partial charge in [0.25, 0.3) is 0 Å². The lowest BCUT2D eigenvalue weighted by atomic mass is 9.88. The monoisotopic (exact) mass is 265 g/mol. The first-order valence-electron chi connectivity index (χ1n) is 7.63. The van der Waals surface area contributed by atoms with Crippen molar-refractivity contribution in [3.8, 4) is 0 Å². The van der Waals surface area contributed by atoms with Crippen LogP contribution in [0.1, 0.15) is 36.5 Å². The molecule has 1 heteroatoms. The molecule has 0 spiro atoms. The number of nitrogens with one attached hydrogen (secondary N) is 1. The first-order chi connectivity index (χ1) is 9.72. The first kappa shape index (κ1) is 13.2. The van der Waals surface area contributed by atoms with E-state index < -0.39 is 0 Å². The minimum absolute atomic E-state index is 0.618. The normalized spacial score (nSPS) is 17.6. The Hall–Kier alpha value is -1.76. The molecule has 2 aromatic rings. The van der Waals surface area contributed by atoms with Crippen LogP contribution in [0, 0.1) is 5.92 Å². The zero-order valence-corrected chi connectivity index (χ0v) is 12.4. The van der Waals surface area contributed by atoms with Gasteiger partial charge in [-0.1, -0.05) is 56.3 Å². The molecule has 1 nitrogen and oxygen atoms in total. The van der Waals surface area contributed by atoms with Crippen molar-refractivity contribution in [2.24, 2.45) is 5.92 Å². The van der Waals surface area contributed by atoms with E-state index in [2.05, 4.69) is 67.7 Å². The summed E-state index contributed by atoms with van der Waals surface area (Å²) < 4.78 is 0. The maximum Gasteiger partial charge on any atom is 0.0372 e. The molecule has 1 atom stereocenters. The molecule has 104 valence electrons. The van der Waals surface area contributed by atoms with Crippen molar-refractivity contribution < 1.29 is 0 Å². The molecule has 0 saturated carbocycles. The van der Waals surface area contributed by atoms with Gasteiger partial charge in [0.15, 0.2) is 0 Å². The summed E-state index contributed by atoms with van der Waals surface area (Å²) in [6.45, 7) is 5.58. The fourth-order valence-corrected chi connectivity index (χ4v) is 3.02. The summed E-state index contributed by atoms with van der Waals surface area (Å²) in [5.41, 5.74) is 5.67. The van der Waals surface area contributed by atoms with Crippen molar-refractivity contribution >= 4 is 5.69 Å². The Bertz CT molecular complexity index is 569. The predicted octanol–water partition coefficient (Wildman–Crippen LogP) is 4.64. The lowest BCUT2D eigenvalue weighted by Gasteiger charge is -2.26. The van der Waals surface area contributed by atoms with Gasteiger partial charge < -0.3 is 5.32 Å². The van der Waals surface area contributed by atoms with E-state index in [9.17, 15) is 0 Å². The highest BCUT2D eigenvalue weighted by molar-refractivity contribution is 5.53. The molecule has 0 aromatic heterocycles. The molecular weight excluding hydrogens is 242 g/mol. The van der Waals surface area contributed by atoms with E-state index >= 15 is 0 Å². The summed E-state index contributed by atoms with van der Waals surface area (Å²) in [5.74, 6) is 1.32. The van der Waals surface area contributed by atoms with Crippen molar-refractivity contribution in [2.45, 2.75) is 32.6 Å². The fourth-order valence-electron chi connectivity index (χ4n) is 3.02. The van der Waals surface area contributed by atoms with Crippen LogP contribution in [0.4, 0.5) is 5.69 Å². The van der Waals surface area contributed by atoms with Crippen molar-refractivity contribution in [3.63, 3.8) is 0 Å². The summed E-state index contributed by atoms with van der Waals surface area (Å²) in [5, 5.41) is 3.56. The third-order valence-corrected chi connectivity index (χ3v) is 4.28. The van der Waals surface area contributed by atoms with Gasteiger partial charge in [0, 0.05) is 12.2 Å². The van der Waals surface area contributed by atoms with Crippen LogP contribution in [-0.4, -0.2) is 6.54 Å². The van der Waals surface area contributed by atoms with Gasteiger partial charge in [-0.05, 0) is 47.4 Å². The SMILES string of the molecule is CC(C)c1ccc(CC2CNc3ccccc3C2)cc1. The minimum atomic E-state index is 0.618. The molecule has 2 aromatic carbocycles. The van der Waals surface area contributed by atoms with Crippen LogP contribution in [0.3, 0.4) is 0 Å². The highest BCUT2D eigenvalue weighted by Crippen LogP contribution is 2.26. The second-order valence-electron chi connectivity index (χ2n) is 6.21. The van der Waals surface area contributed by atoms with E-state index in [-0.39, 0.29) is 0 Å². The maximum absolute atomic E-state index is 3.56. The van der Waals surface area contributed by atoms with Crippen molar-refractivity contribution in [2.75, 3.05) is 11.9 Å². The third kappa shape index (κ3) is 2.87. The molecule has 1 N–H and O–H groups in total. The van der Waals surface area contributed by atoms with Crippen LogP contribution < -0.4 is 5.32 Å². The standard InChI is InChI=1S/C19H23N/c1-14(2)17-9-7-15(8-10-17)11-16-12-18-5-3-4-6-19(18)20-13-16/h3-10,14,16,20H,11-13H2,1-2H3. The zero-order chi connectivity index (χ0) is 13.9. The Morgan fingerprint density at radius 3 is 2.55 bits per heavy atom. The van der Waals surface area contributed by atoms with Gasteiger partial charge in [0.05, 0.1) is 0 Å². The molecule has 1 heterocycles. The lowest BCUT2D eigenvalue weighted by Crippen LogP contribution is -2.24. The molecule has 3 rings (SSSR count). The molecular formula is C19H23N. The van der Waals surface area contributed by atoms with Gasteiger partial charge >= 0.3 is 0 Å². The summed E-state index contributed by atoms with van der Waals surface area (Å²) in [7, 11) is 0. The van der Waals surface area contributed by atoms with Crippen LogP contribution in [0.5, 0.6) is 0 Å². The molecule has 0 radical (unpaired) electrons. The largest absolute Gasteiger partial charge is 0.385 e. The Morgan fingerprint density at radius 1 is 1.05 bits per heavy atom. The number of anilines is 1. The summed E-state index contributed by atoms with van der Waals surface area (Å²) >= 11 is 0. The molecule has 20 heavy (non-hydrogen) atoms. The van der Waals surface area contributed by atoms with Crippen molar-refractivity contribution in [1.82, 2.24) is 0 Å². The van der Waals surface area contributed by atoms with Crippen molar-refractivity contribution in [3.05, 3.63) is 65.2 Å². The summed E-state index contributed by atoms with van der Waals surface area (Å²) in [6, 6.07) is 17.8. The maximum atomic E-state index is 3.56. The van der Waals surface area contributed by atoms with Gasteiger partial charge in [-0.15, -0.1) is 0 Å². The van der Waals surface area contributed by atoms with Gasteiger partial charge in [0.2, 0.25) is 0 Å². The zero-order valence-electron chi connectivity index (χ0n) is 12.4. The average Bonchev–Trinajstić information content (AvgIpc) is 2.48. The fraction of sp³-hybridized carbons (Fsp3) is 0.368. The van der Waals surface area contributed by atoms with E-state index in [1.807, 2.05) is 0 Å². The van der Waals surface area contributed by atoms with Gasteiger partial charge in [-0.25, -0.2) is 0 Å². The number of hydrogen-bond acceptors (Lipinski definition) is 1. The molecule has 0 fully saturated rings. The number of benzene rings is 2. The molecule has 1 unspecified atom stereocenters. The summed E-state index contributed by atoms with van der Waals surface area (Å²) in [6.07, 6.45) is 2.36. The van der Waals surface area contributed by atoms with Crippen LogP contribution in [-0.2, 0) is 12.8 Å². The second-order valence-corrected chi connectivity index (χ2v) is 6.21. The summed E-state index contributed by atoms with van der Waals surface area (Å²) in [4.78, 5) is 0. The van der Waals surface area contributed by atoms with Crippen LogP contribution in [0.15, 0.2) is 48.5 Å². The molecule has 0 bridgehead atoms. The van der Waals surface area contributed by atoms with E-state index in [0.717, 1.165) is 6.54 Å². The van der Waals surface area contributed by atoms with E-state index in [0.29, 0.717) is 11.8 Å². The van der Waals surface area contributed by atoms with Crippen LogP contribution in [0.25, 0.3) is 0 Å². The third-order valence-electron chi connectivity index (χ3n) is 4.28. The molecule has 0 aliphatic carbocycles. The topological polar surface area (TPSA) is 12.0 Å². The Labute approximate surface area is 122 Å². The second kappa shape index (κ2) is 5.70. The van der Waals surface area contributed by atoms with Gasteiger partial charge in [0.1, 0.15) is 0 Å². The first-order valence-corrected chi connectivity index (χ1v) is 7.63. The number of fused-ring (bicyclic) bond motifs is 1. The minimum Gasteiger partial charge on any atom is -0.385 e. The lowest BCUT2D eigenvalue weighted by molar-refractivity contribution is 0.535. The van der Waals surface area contributed by atoms with Gasteiger partial charge in [-0.3, -0.25) is 0 Å². The van der Waals surface area contributed by atoms with E-state index in [1.165, 1.54) is 35.2 Å². The predicted molar refractivity (Wildman–Crippen MR) is 86.4 cm³/mol. The number of para-hydroxylation sites is 1.